The number of hydrogen-bond acceptors (Lipinski definition) is 1. The molecule has 2 rings (SSSR count). The predicted molar refractivity (Wildman–Crippen MR) is 64.7 cm³/mol. The first-order valence-electron chi connectivity index (χ1n) is 5.51. The molecule has 1 nitrogen and oxygen atoms in total. The molecule has 21 heavy (non-hydrogen) atoms. The molecular weight excluding hydrogens is 320 g/mol. The number of halogens is 7. The van der Waals surface area contributed by atoms with Crippen molar-refractivity contribution < 1.29 is 26.3 Å². The first kappa shape index (κ1) is 15.6. The van der Waals surface area contributed by atoms with E-state index < -0.39 is 39.9 Å². The summed E-state index contributed by atoms with van der Waals surface area (Å²) in [6.07, 6.45) is -9.70. The topological polar surface area (TPSA) is 12.9 Å². The van der Waals surface area contributed by atoms with E-state index in [0.717, 1.165) is 24.3 Å². The highest BCUT2D eigenvalue weighted by atomic mass is 35.5. The molecule has 0 unspecified atom stereocenters. The van der Waals surface area contributed by atoms with Crippen molar-refractivity contribution in [1.82, 2.24) is 4.98 Å². The van der Waals surface area contributed by atoms with E-state index in [1.165, 1.54) is 6.07 Å². The zero-order valence-electron chi connectivity index (χ0n) is 10.1. The number of aromatic nitrogens is 1. The molecule has 0 saturated carbocycles. The van der Waals surface area contributed by atoms with Crippen LogP contribution in [0.5, 0.6) is 0 Å². The van der Waals surface area contributed by atoms with Crippen molar-refractivity contribution in [3.63, 3.8) is 0 Å². The Morgan fingerprint density at radius 3 is 1.95 bits per heavy atom. The molecule has 0 spiro atoms. The van der Waals surface area contributed by atoms with Gasteiger partial charge in [0.1, 0.15) is 5.15 Å². The van der Waals surface area contributed by atoms with E-state index in [0.29, 0.717) is 6.07 Å². The van der Waals surface area contributed by atoms with Crippen LogP contribution in [0.1, 0.15) is 11.3 Å². The molecule has 1 aromatic heterocycles. The van der Waals surface area contributed by atoms with Gasteiger partial charge >= 0.3 is 12.4 Å². The minimum atomic E-state index is -4.92. The van der Waals surface area contributed by atoms with Crippen LogP contribution in [0.4, 0.5) is 26.3 Å². The SMILES string of the molecule is FC(F)(F)c1ccccc1-c1ccc(Cl)nc1C(F)(F)F. The normalized spacial score (nSPS) is 12.5. The Balaban J connectivity index is 2.75. The van der Waals surface area contributed by atoms with Crippen LogP contribution in [0.2, 0.25) is 5.15 Å². The number of rotatable bonds is 1. The lowest BCUT2D eigenvalue weighted by Gasteiger charge is -2.16. The maximum atomic E-state index is 12.9. The quantitative estimate of drug-likeness (QED) is 0.502. The van der Waals surface area contributed by atoms with Gasteiger partial charge in [0, 0.05) is 5.56 Å². The lowest BCUT2D eigenvalue weighted by atomic mass is 9.98. The van der Waals surface area contributed by atoms with Crippen molar-refractivity contribution in [3.05, 3.63) is 52.8 Å². The molecule has 8 heteroatoms. The van der Waals surface area contributed by atoms with Crippen LogP contribution in [-0.4, -0.2) is 4.98 Å². The summed E-state index contributed by atoms with van der Waals surface area (Å²) in [4.78, 5) is 3.12. The standard InChI is InChI=1S/C13H6ClF6N/c14-10-6-5-8(11(21-10)13(18,19)20)7-3-1-2-4-9(7)12(15,16)17/h1-6H. The Morgan fingerprint density at radius 1 is 0.762 bits per heavy atom. The molecule has 0 aliphatic heterocycles. The largest absolute Gasteiger partial charge is 0.434 e. The van der Waals surface area contributed by atoms with Gasteiger partial charge in [0.25, 0.3) is 0 Å². The van der Waals surface area contributed by atoms with E-state index in [9.17, 15) is 26.3 Å². The summed E-state index contributed by atoms with van der Waals surface area (Å²) >= 11 is 5.41. The first-order valence-corrected chi connectivity index (χ1v) is 5.89. The third-order valence-corrected chi connectivity index (χ3v) is 2.86. The molecule has 0 atom stereocenters. The molecule has 0 saturated heterocycles. The van der Waals surface area contributed by atoms with E-state index in [2.05, 4.69) is 4.98 Å². The molecule has 0 radical (unpaired) electrons. The van der Waals surface area contributed by atoms with Gasteiger partial charge in [-0.2, -0.15) is 26.3 Å². The smallest absolute Gasteiger partial charge is 0.231 e. The van der Waals surface area contributed by atoms with Gasteiger partial charge in [-0.3, -0.25) is 0 Å². The molecule has 0 N–H and O–H groups in total. The Kier molecular flexibility index (Phi) is 3.88. The van der Waals surface area contributed by atoms with E-state index in [4.69, 9.17) is 11.6 Å². The van der Waals surface area contributed by atoms with Crippen molar-refractivity contribution in [3.8, 4) is 11.1 Å². The van der Waals surface area contributed by atoms with E-state index in [-0.39, 0.29) is 0 Å². The first-order chi connectivity index (χ1) is 9.60. The molecule has 1 heterocycles. The molecule has 0 aliphatic carbocycles. The number of hydrogen-bond donors (Lipinski definition) is 0. The average Bonchev–Trinajstić information content (AvgIpc) is 2.36. The Bertz CT molecular complexity index is 662. The van der Waals surface area contributed by atoms with Gasteiger partial charge < -0.3 is 0 Å². The number of nitrogens with zero attached hydrogens (tertiary/aromatic N) is 1. The third-order valence-electron chi connectivity index (χ3n) is 2.65. The zero-order valence-corrected chi connectivity index (χ0v) is 10.8. The van der Waals surface area contributed by atoms with E-state index >= 15 is 0 Å². The van der Waals surface area contributed by atoms with Crippen molar-refractivity contribution in [2.45, 2.75) is 12.4 Å². The highest BCUT2D eigenvalue weighted by Gasteiger charge is 2.39. The summed E-state index contributed by atoms with van der Waals surface area (Å²) in [6.45, 7) is 0. The van der Waals surface area contributed by atoms with Gasteiger partial charge in [-0.05, 0) is 23.8 Å². The second-order valence-corrected chi connectivity index (χ2v) is 4.46. The zero-order chi connectivity index (χ0) is 15.8. The van der Waals surface area contributed by atoms with Crippen molar-refractivity contribution >= 4 is 11.6 Å². The number of benzene rings is 1. The second kappa shape index (κ2) is 5.22. The molecule has 0 bridgehead atoms. The Morgan fingerprint density at radius 2 is 1.38 bits per heavy atom. The molecule has 0 fully saturated rings. The maximum absolute atomic E-state index is 12.9. The fourth-order valence-electron chi connectivity index (χ4n) is 1.83. The highest BCUT2D eigenvalue weighted by molar-refractivity contribution is 6.29. The fraction of sp³-hybridized carbons (Fsp3) is 0.154. The van der Waals surface area contributed by atoms with Gasteiger partial charge in [0.05, 0.1) is 5.56 Å². The highest BCUT2D eigenvalue weighted by Crippen LogP contribution is 2.41. The Hall–Kier alpha value is -1.76. The molecule has 0 aliphatic rings. The maximum Gasteiger partial charge on any atom is 0.434 e. The summed E-state index contributed by atoms with van der Waals surface area (Å²) in [7, 11) is 0. The molecule has 112 valence electrons. The lowest BCUT2D eigenvalue weighted by molar-refractivity contribution is -0.141. The predicted octanol–water partition coefficient (Wildman–Crippen LogP) is 5.44. The van der Waals surface area contributed by atoms with Gasteiger partial charge in [0.2, 0.25) is 0 Å². The van der Waals surface area contributed by atoms with Gasteiger partial charge in [-0.1, -0.05) is 29.8 Å². The van der Waals surface area contributed by atoms with Crippen LogP contribution in [0, 0.1) is 0 Å². The fourth-order valence-corrected chi connectivity index (χ4v) is 1.98. The average molecular weight is 326 g/mol. The van der Waals surface area contributed by atoms with Crippen molar-refractivity contribution in [2.75, 3.05) is 0 Å². The van der Waals surface area contributed by atoms with E-state index in [1.54, 1.807) is 0 Å². The minimum Gasteiger partial charge on any atom is -0.231 e. The monoisotopic (exact) mass is 325 g/mol. The molecule has 2 aromatic rings. The van der Waals surface area contributed by atoms with Crippen LogP contribution >= 0.6 is 11.6 Å². The molecular formula is C13H6ClF6N. The van der Waals surface area contributed by atoms with Crippen LogP contribution < -0.4 is 0 Å². The molecule has 0 amide bonds. The van der Waals surface area contributed by atoms with Gasteiger partial charge in [-0.25, -0.2) is 4.98 Å². The van der Waals surface area contributed by atoms with Crippen LogP contribution in [0.25, 0.3) is 11.1 Å². The van der Waals surface area contributed by atoms with Crippen LogP contribution in [0.15, 0.2) is 36.4 Å². The summed E-state index contributed by atoms with van der Waals surface area (Å²) in [5.74, 6) is 0. The van der Waals surface area contributed by atoms with Crippen LogP contribution in [-0.2, 0) is 12.4 Å². The summed E-state index contributed by atoms with van der Waals surface area (Å²) in [5.41, 5.74) is -3.88. The van der Waals surface area contributed by atoms with Gasteiger partial charge in [0.15, 0.2) is 5.69 Å². The van der Waals surface area contributed by atoms with Gasteiger partial charge in [-0.15, -0.1) is 0 Å². The van der Waals surface area contributed by atoms with E-state index in [1.807, 2.05) is 0 Å². The summed E-state index contributed by atoms with van der Waals surface area (Å²) in [6, 6.07) is 5.89. The van der Waals surface area contributed by atoms with Crippen molar-refractivity contribution in [1.29, 1.82) is 0 Å². The lowest BCUT2D eigenvalue weighted by Crippen LogP contribution is -2.13. The number of alkyl halides is 6. The van der Waals surface area contributed by atoms with Crippen LogP contribution in [0.3, 0.4) is 0 Å². The summed E-state index contributed by atoms with van der Waals surface area (Å²) in [5, 5.41) is -0.449. The molecule has 1 aromatic carbocycles. The summed E-state index contributed by atoms with van der Waals surface area (Å²) < 4.78 is 77.6. The minimum absolute atomic E-state index is 0.449. The Labute approximate surface area is 120 Å². The second-order valence-electron chi connectivity index (χ2n) is 4.07. The van der Waals surface area contributed by atoms with Crippen molar-refractivity contribution in [2.24, 2.45) is 0 Å². The third kappa shape index (κ3) is 3.29. The number of pyridine rings is 1.